The first-order chi connectivity index (χ1) is 12.5. The Morgan fingerprint density at radius 3 is 2.62 bits per heavy atom. The minimum atomic E-state index is 0.0277. The summed E-state index contributed by atoms with van der Waals surface area (Å²) in [4.78, 5) is 21.7. The van der Waals surface area contributed by atoms with Gasteiger partial charge < -0.3 is 9.80 Å². The van der Waals surface area contributed by atoms with Crippen LogP contribution < -0.4 is 4.90 Å². The Bertz CT molecular complexity index is 952. The summed E-state index contributed by atoms with van der Waals surface area (Å²) in [7, 11) is 0. The first-order valence-corrected chi connectivity index (χ1v) is 9.82. The number of rotatable bonds is 3. The number of carbonyl (C=O) groups excluding carboxylic acids is 1. The summed E-state index contributed by atoms with van der Waals surface area (Å²) in [5, 5.41) is 5.46. The maximum atomic E-state index is 12.7. The van der Waals surface area contributed by atoms with Crippen LogP contribution in [0.25, 0.3) is 10.2 Å². The molecule has 26 heavy (non-hydrogen) atoms. The number of aryl methyl sites for hydroxylation is 3. The van der Waals surface area contributed by atoms with Crippen LogP contribution >= 0.6 is 11.3 Å². The molecule has 1 amide bonds. The molecule has 6 nitrogen and oxygen atoms in total. The number of hydrogen-bond acceptors (Lipinski definition) is 5. The molecule has 2 aromatic heterocycles. The van der Waals surface area contributed by atoms with Crippen molar-refractivity contribution in [3.05, 3.63) is 41.2 Å². The monoisotopic (exact) mass is 369 g/mol. The number of thiazole rings is 1. The van der Waals surface area contributed by atoms with Crippen LogP contribution in [-0.4, -0.2) is 51.8 Å². The van der Waals surface area contributed by atoms with Gasteiger partial charge in [0, 0.05) is 38.4 Å². The van der Waals surface area contributed by atoms with Gasteiger partial charge in [0.1, 0.15) is 0 Å². The van der Waals surface area contributed by atoms with Crippen LogP contribution in [0.2, 0.25) is 0 Å². The molecule has 1 fully saturated rings. The van der Waals surface area contributed by atoms with Crippen molar-refractivity contribution in [2.45, 2.75) is 27.3 Å². The molecule has 0 aliphatic carbocycles. The molecule has 0 N–H and O–H groups in total. The fraction of sp³-hybridized carbons (Fsp3) is 0.421. The van der Waals surface area contributed by atoms with Crippen molar-refractivity contribution in [3.8, 4) is 0 Å². The van der Waals surface area contributed by atoms with Gasteiger partial charge in [0.05, 0.1) is 10.2 Å². The normalized spacial score (nSPS) is 15.0. The van der Waals surface area contributed by atoms with Gasteiger partial charge in [0.25, 0.3) is 5.91 Å². The lowest BCUT2D eigenvalue weighted by atomic mass is 10.2. The van der Waals surface area contributed by atoms with Gasteiger partial charge in [-0.15, -0.1) is 0 Å². The Morgan fingerprint density at radius 2 is 1.92 bits per heavy atom. The number of anilines is 1. The molecule has 0 atom stereocenters. The van der Waals surface area contributed by atoms with Gasteiger partial charge in [-0.2, -0.15) is 5.10 Å². The van der Waals surface area contributed by atoms with Gasteiger partial charge in [-0.3, -0.25) is 9.48 Å². The average molecular weight is 369 g/mol. The summed E-state index contributed by atoms with van der Waals surface area (Å²) in [6.07, 6.45) is 0. The first kappa shape index (κ1) is 17.0. The zero-order chi connectivity index (χ0) is 18.3. The molecule has 1 saturated heterocycles. The Balaban J connectivity index is 1.45. The van der Waals surface area contributed by atoms with Crippen molar-refractivity contribution in [2.24, 2.45) is 0 Å². The fourth-order valence-corrected chi connectivity index (χ4v) is 4.47. The molecule has 0 radical (unpaired) electrons. The van der Waals surface area contributed by atoms with Crippen LogP contribution in [-0.2, 0) is 6.54 Å². The molecule has 1 aromatic carbocycles. The molecular weight excluding hydrogens is 346 g/mol. The van der Waals surface area contributed by atoms with Gasteiger partial charge in [-0.1, -0.05) is 17.4 Å². The van der Waals surface area contributed by atoms with E-state index in [4.69, 9.17) is 4.98 Å². The first-order valence-electron chi connectivity index (χ1n) is 9.01. The summed E-state index contributed by atoms with van der Waals surface area (Å²) >= 11 is 1.73. The smallest absolute Gasteiger partial charge is 0.274 e. The number of benzene rings is 1. The zero-order valence-electron chi connectivity index (χ0n) is 15.4. The van der Waals surface area contributed by atoms with Crippen LogP contribution in [0.15, 0.2) is 24.3 Å². The lowest BCUT2D eigenvalue weighted by molar-refractivity contribution is 0.0740. The van der Waals surface area contributed by atoms with E-state index in [0.717, 1.165) is 36.0 Å². The molecule has 0 bridgehead atoms. The lowest BCUT2D eigenvalue weighted by Gasteiger charge is -2.34. The molecule has 1 aliphatic heterocycles. The van der Waals surface area contributed by atoms with Crippen molar-refractivity contribution in [1.29, 1.82) is 0 Å². The molecule has 0 saturated carbocycles. The topological polar surface area (TPSA) is 54.3 Å². The van der Waals surface area contributed by atoms with E-state index in [0.29, 0.717) is 18.8 Å². The second kappa shape index (κ2) is 6.72. The van der Waals surface area contributed by atoms with Crippen LogP contribution in [0.4, 0.5) is 5.13 Å². The summed E-state index contributed by atoms with van der Waals surface area (Å²) in [6.45, 7) is 9.91. The number of hydrogen-bond donors (Lipinski definition) is 0. The predicted molar refractivity (Wildman–Crippen MR) is 105 cm³/mol. The minimum absolute atomic E-state index is 0.0277. The maximum Gasteiger partial charge on any atom is 0.274 e. The number of nitrogens with zero attached hydrogens (tertiary/aromatic N) is 5. The van der Waals surface area contributed by atoms with Crippen molar-refractivity contribution in [3.63, 3.8) is 0 Å². The average Bonchev–Trinajstić information content (AvgIpc) is 3.24. The highest BCUT2D eigenvalue weighted by Gasteiger charge is 2.25. The number of piperazine rings is 1. The zero-order valence-corrected chi connectivity index (χ0v) is 16.2. The van der Waals surface area contributed by atoms with Crippen LogP contribution in [0.1, 0.15) is 28.7 Å². The van der Waals surface area contributed by atoms with E-state index < -0.39 is 0 Å². The summed E-state index contributed by atoms with van der Waals surface area (Å²) in [6, 6.07) is 8.24. The third-order valence-electron chi connectivity index (χ3n) is 4.87. The van der Waals surface area contributed by atoms with E-state index in [-0.39, 0.29) is 5.91 Å². The van der Waals surface area contributed by atoms with E-state index >= 15 is 0 Å². The van der Waals surface area contributed by atoms with E-state index in [1.54, 1.807) is 11.3 Å². The standard InChI is InChI=1S/C19H23N5OS/c1-4-24-14(3)12-16(21-24)18(25)22-7-9-23(10-8-22)19-20-15-6-5-13(2)11-17(15)26-19/h5-6,11-12H,4,7-10H2,1-3H3. The number of aromatic nitrogens is 3. The van der Waals surface area contributed by atoms with Crippen LogP contribution in [0.3, 0.4) is 0 Å². The van der Waals surface area contributed by atoms with Crippen molar-refractivity contribution in [1.82, 2.24) is 19.7 Å². The van der Waals surface area contributed by atoms with E-state index in [1.807, 2.05) is 29.5 Å². The summed E-state index contributed by atoms with van der Waals surface area (Å²) in [5.74, 6) is 0.0277. The van der Waals surface area contributed by atoms with Crippen molar-refractivity contribution < 1.29 is 4.79 Å². The number of amides is 1. The Kier molecular flexibility index (Phi) is 4.40. The molecule has 0 spiro atoms. The van der Waals surface area contributed by atoms with Gasteiger partial charge in [0.15, 0.2) is 10.8 Å². The highest BCUT2D eigenvalue weighted by Crippen LogP contribution is 2.30. The third kappa shape index (κ3) is 3.07. The van der Waals surface area contributed by atoms with E-state index in [2.05, 4.69) is 35.1 Å². The summed E-state index contributed by atoms with van der Waals surface area (Å²) in [5.41, 5.74) is 3.88. The van der Waals surface area contributed by atoms with Crippen LogP contribution in [0.5, 0.6) is 0 Å². The predicted octanol–water partition coefficient (Wildman–Crippen LogP) is 3.09. The van der Waals surface area contributed by atoms with E-state index in [9.17, 15) is 4.79 Å². The van der Waals surface area contributed by atoms with Gasteiger partial charge in [-0.25, -0.2) is 4.98 Å². The molecule has 3 heterocycles. The number of fused-ring (bicyclic) bond motifs is 1. The van der Waals surface area contributed by atoms with Crippen LogP contribution in [0, 0.1) is 13.8 Å². The highest BCUT2D eigenvalue weighted by atomic mass is 32.1. The molecule has 0 unspecified atom stereocenters. The van der Waals surface area contributed by atoms with E-state index in [1.165, 1.54) is 10.3 Å². The largest absolute Gasteiger partial charge is 0.345 e. The maximum absolute atomic E-state index is 12.7. The van der Waals surface area contributed by atoms with Crippen molar-refractivity contribution in [2.75, 3.05) is 31.1 Å². The number of carbonyl (C=O) groups is 1. The van der Waals surface area contributed by atoms with Crippen molar-refractivity contribution >= 4 is 32.6 Å². The Hall–Kier alpha value is -2.41. The Morgan fingerprint density at radius 1 is 1.15 bits per heavy atom. The SMILES string of the molecule is CCn1nc(C(=O)N2CCN(c3nc4ccc(C)cc4s3)CC2)cc1C. The second-order valence-electron chi connectivity index (χ2n) is 6.73. The molecule has 7 heteroatoms. The van der Waals surface area contributed by atoms with Gasteiger partial charge in [-0.05, 0) is 44.5 Å². The Labute approximate surface area is 157 Å². The molecule has 3 aromatic rings. The molecule has 1 aliphatic rings. The fourth-order valence-electron chi connectivity index (χ4n) is 3.35. The lowest BCUT2D eigenvalue weighted by Crippen LogP contribution is -2.48. The molecule has 4 rings (SSSR count). The molecular formula is C19H23N5OS. The summed E-state index contributed by atoms with van der Waals surface area (Å²) < 4.78 is 3.09. The van der Waals surface area contributed by atoms with Gasteiger partial charge in [0.2, 0.25) is 0 Å². The highest BCUT2D eigenvalue weighted by molar-refractivity contribution is 7.22. The second-order valence-corrected chi connectivity index (χ2v) is 7.74. The molecule has 136 valence electrons. The quantitative estimate of drug-likeness (QED) is 0.712. The van der Waals surface area contributed by atoms with Gasteiger partial charge >= 0.3 is 0 Å². The third-order valence-corrected chi connectivity index (χ3v) is 5.95. The minimum Gasteiger partial charge on any atom is -0.345 e.